The lowest BCUT2D eigenvalue weighted by Crippen LogP contribution is -2.39. The number of ether oxygens (including phenoxy) is 1. The van der Waals surface area contributed by atoms with Crippen molar-refractivity contribution in [2.45, 2.75) is 44.9 Å². The number of hydrogen-bond acceptors (Lipinski definition) is 4. The molecule has 6 nitrogen and oxygen atoms in total. The fourth-order valence-electron chi connectivity index (χ4n) is 3.61. The molecule has 1 saturated heterocycles. The fourth-order valence-corrected chi connectivity index (χ4v) is 3.61. The minimum atomic E-state index is -0.817. The van der Waals surface area contributed by atoms with Gasteiger partial charge in [-0.3, -0.25) is 9.59 Å². The highest BCUT2D eigenvalue weighted by atomic mass is 16.6. The molecule has 0 aliphatic carbocycles. The number of aromatic hydroxyl groups is 1. The summed E-state index contributed by atoms with van der Waals surface area (Å²) in [4.78, 5) is 24.8. The van der Waals surface area contributed by atoms with Crippen molar-refractivity contribution in [1.29, 1.82) is 0 Å². The molecular weight excluding hydrogens is 392 g/mol. The van der Waals surface area contributed by atoms with Gasteiger partial charge in [0.2, 0.25) is 11.8 Å². The van der Waals surface area contributed by atoms with Crippen molar-refractivity contribution in [1.82, 2.24) is 10.6 Å². The van der Waals surface area contributed by atoms with E-state index in [9.17, 15) is 14.7 Å². The molecule has 3 N–H and O–H groups in total. The fraction of sp³-hybridized carbons (Fsp3) is 0.360. The van der Waals surface area contributed by atoms with E-state index in [2.05, 4.69) is 29.7 Å². The zero-order valence-corrected chi connectivity index (χ0v) is 18.0. The lowest BCUT2D eigenvalue weighted by molar-refractivity contribution is -0.127. The van der Waals surface area contributed by atoms with Gasteiger partial charge in [0, 0.05) is 6.54 Å². The zero-order chi connectivity index (χ0) is 22.2. The molecule has 1 aliphatic heterocycles. The number of carbonyl (C=O) groups is 2. The van der Waals surface area contributed by atoms with Gasteiger partial charge < -0.3 is 20.5 Å². The predicted molar refractivity (Wildman–Crippen MR) is 119 cm³/mol. The maximum absolute atomic E-state index is 12.4. The molecule has 2 aromatic rings. The molecule has 0 bridgehead atoms. The number of hydrogen-bond donors (Lipinski definition) is 3. The Hall–Kier alpha value is -3.12. The Kier molecular flexibility index (Phi) is 7.84. The van der Waals surface area contributed by atoms with Crippen LogP contribution in [0.2, 0.25) is 0 Å². The van der Waals surface area contributed by atoms with E-state index in [-0.39, 0.29) is 29.8 Å². The molecule has 2 amide bonds. The van der Waals surface area contributed by atoms with Gasteiger partial charge in [0.05, 0.1) is 6.10 Å². The van der Waals surface area contributed by atoms with Crippen LogP contribution in [0.3, 0.4) is 0 Å². The number of amides is 2. The van der Waals surface area contributed by atoms with Crippen LogP contribution in [0.1, 0.15) is 50.0 Å². The Bertz CT molecular complexity index is 895. The molecule has 0 saturated carbocycles. The van der Waals surface area contributed by atoms with Gasteiger partial charge >= 0.3 is 0 Å². The van der Waals surface area contributed by atoms with Crippen LogP contribution in [0.25, 0.3) is 0 Å². The molecule has 1 heterocycles. The molecule has 6 heteroatoms. The first kappa shape index (κ1) is 22.6. The average Bonchev–Trinajstić information content (AvgIpc) is 3.57. The molecule has 31 heavy (non-hydrogen) atoms. The van der Waals surface area contributed by atoms with E-state index in [1.54, 1.807) is 12.1 Å². The number of phenols is 1. The van der Waals surface area contributed by atoms with Crippen LogP contribution in [0.5, 0.6) is 5.75 Å². The molecule has 1 fully saturated rings. The summed E-state index contributed by atoms with van der Waals surface area (Å²) in [6, 6.07) is 15.6. The Balaban J connectivity index is 1.48. The van der Waals surface area contributed by atoms with Crippen LogP contribution in [0.15, 0.2) is 66.7 Å². The molecule has 3 rings (SSSR count). The van der Waals surface area contributed by atoms with Crippen molar-refractivity contribution in [2.24, 2.45) is 5.92 Å². The van der Waals surface area contributed by atoms with E-state index < -0.39 is 6.04 Å². The summed E-state index contributed by atoms with van der Waals surface area (Å²) in [5.41, 5.74) is 1.82. The normalized spacial score (nSPS) is 19.5. The second kappa shape index (κ2) is 10.8. The third-order valence-corrected chi connectivity index (χ3v) is 5.40. The quantitative estimate of drug-likeness (QED) is 0.401. The summed E-state index contributed by atoms with van der Waals surface area (Å²) in [5, 5.41) is 14.9. The highest BCUT2D eigenvalue weighted by Gasteiger charge is 2.43. The molecular formula is C25H30N2O4. The minimum Gasteiger partial charge on any atom is -0.508 e. The largest absolute Gasteiger partial charge is 0.508 e. The Morgan fingerprint density at radius 3 is 2.52 bits per heavy atom. The Morgan fingerprint density at radius 2 is 1.84 bits per heavy atom. The smallest absolute Gasteiger partial charge is 0.247 e. The lowest BCUT2D eigenvalue weighted by atomic mass is 9.97. The topological polar surface area (TPSA) is 91.0 Å². The number of rotatable bonds is 10. The van der Waals surface area contributed by atoms with Crippen LogP contribution >= 0.6 is 0 Å². The standard InChI is InChI=1S/C25H30N2O4/c1-3-26-25(30)22(18-13-15-20(28)16-14-18)27-21(29)12-8-7-9-17(2)23-24(31-23)19-10-5-4-6-11-19/h4-6,8,10-17,22-24,28H,3,7,9H2,1-2H3,(H,26,30)(H,27,29)/b12-8+/t17?,22-,23-,24-/m1/s1. The summed E-state index contributed by atoms with van der Waals surface area (Å²) in [6.07, 6.45) is 5.36. The van der Waals surface area contributed by atoms with Gasteiger partial charge in [-0.15, -0.1) is 0 Å². The number of benzene rings is 2. The van der Waals surface area contributed by atoms with Gasteiger partial charge in [0.1, 0.15) is 17.9 Å². The highest BCUT2D eigenvalue weighted by molar-refractivity contribution is 5.93. The predicted octanol–water partition coefficient (Wildman–Crippen LogP) is 3.80. The van der Waals surface area contributed by atoms with E-state index in [1.807, 2.05) is 31.2 Å². The maximum atomic E-state index is 12.4. The van der Waals surface area contributed by atoms with Crippen molar-refractivity contribution < 1.29 is 19.4 Å². The number of carbonyl (C=O) groups excluding carboxylic acids is 2. The van der Waals surface area contributed by atoms with Crippen molar-refractivity contribution in [3.8, 4) is 5.75 Å². The molecule has 0 aromatic heterocycles. The summed E-state index contributed by atoms with van der Waals surface area (Å²) in [7, 11) is 0. The van der Waals surface area contributed by atoms with Crippen LogP contribution in [0, 0.1) is 5.92 Å². The first-order chi connectivity index (χ1) is 15.0. The lowest BCUT2D eigenvalue weighted by Gasteiger charge is -2.17. The van der Waals surface area contributed by atoms with E-state index in [4.69, 9.17) is 4.74 Å². The third-order valence-electron chi connectivity index (χ3n) is 5.40. The van der Waals surface area contributed by atoms with E-state index in [0.29, 0.717) is 18.0 Å². The maximum Gasteiger partial charge on any atom is 0.247 e. The molecule has 1 unspecified atom stereocenters. The zero-order valence-electron chi connectivity index (χ0n) is 18.0. The second-order valence-electron chi connectivity index (χ2n) is 7.82. The van der Waals surface area contributed by atoms with Gasteiger partial charge in [-0.25, -0.2) is 0 Å². The number of phenolic OH excluding ortho intramolecular Hbond substituents is 1. The number of epoxide rings is 1. The molecule has 164 valence electrons. The van der Waals surface area contributed by atoms with Crippen molar-refractivity contribution >= 4 is 11.8 Å². The van der Waals surface area contributed by atoms with Gasteiger partial charge in [-0.1, -0.05) is 55.5 Å². The third kappa shape index (κ3) is 6.43. The molecule has 0 radical (unpaired) electrons. The molecule has 2 aromatic carbocycles. The molecule has 0 spiro atoms. The van der Waals surface area contributed by atoms with E-state index >= 15 is 0 Å². The summed E-state index contributed by atoms with van der Waals surface area (Å²) >= 11 is 0. The van der Waals surface area contributed by atoms with Crippen LogP contribution in [-0.4, -0.2) is 29.6 Å². The van der Waals surface area contributed by atoms with Crippen LogP contribution in [-0.2, 0) is 14.3 Å². The number of allylic oxidation sites excluding steroid dienone is 1. The van der Waals surface area contributed by atoms with Crippen molar-refractivity contribution in [3.63, 3.8) is 0 Å². The summed E-state index contributed by atoms with van der Waals surface area (Å²) < 4.78 is 5.84. The Morgan fingerprint density at radius 1 is 1.13 bits per heavy atom. The highest BCUT2D eigenvalue weighted by Crippen LogP contribution is 2.44. The number of nitrogens with one attached hydrogen (secondary N) is 2. The first-order valence-electron chi connectivity index (χ1n) is 10.7. The van der Waals surface area contributed by atoms with Gasteiger partial charge in [0.25, 0.3) is 0 Å². The SMILES string of the molecule is CCNC(=O)[C@H](NC(=O)/C=C/CCC(C)[C@H]1O[C@@H]1c1ccccc1)c1ccc(O)cc1. The van der Waals surface area contributed by atoms with Crippen molar-refractivity contribution in [2.75, 3.05) is 6.54 Å². The van der Waals surface area contributed by atoms with E-state index in [0.717, 1.165) is 12.8 Å². The van der Waals surface area contributed by atoms with Crippen molar-refractivity contribution in [3.05, 3.63) is 77.9 Å². The monoisotopic (exact) mass is 422 g/mol. The minimum absolute atomic E-state index is 0.105. The first-order valence-corrected chi connectivity index (χ1v) is 10.7. The Labute approximate surface area is 183 Å². The van der Waals surface area contributed by atoms with Crippen LogP contribution < -0.4 is 10.6 Å². The van der Waals surface area contributed by atoms with Crippen LogP contribution in [0.4, 0.5) is 0 Å². The van der Waals surface area contributed by atoms with Gasteiger partial charge in [-0.05, 0) is 55.0 Å². The molecule has 4 atom stereocenters. The number of likely N-dealkylation sites (N-methyl/N-ethyl adjacent to an activating group) is 1. The summed E-state index contributed by atoms with van der Waals surface area (Å²) in [5.74, 6) is -0.130. The second-order valence-corrected chi connectivity index (χ2v) is 7.82. The average molecular weight is 423 g/mol. The van der Waals surface area contributed by atoms with E-state index in [1.165, 1.54) is 23.8 Å². The molecule has 1 aliphatic rings. The van der Waals surface area contributed by atoms with Gasteiger partial charge in [-0.2, -0.15) is 0 Å². The van der Waals surface area contributed by atoms with Gasteiger partial charge in [0.15, 0.2) is 0 Å². The summed E-state index contributed by atoms with van der Waals surface area (Å²) in [6.45, 7) is 4.45.